The summed E-state index contributed by atoms with van der Waals surface area (Å²) in [5.41, 5.74) is 2.18. The Labute approximate surface area is 126 Å². The molecule has 1 aliphatic rings. The molecule has 106 valence electrons. The molecule has 4 nitrogen and oxygen atoms in total. The van der Waals surface area contributed by atoms with E-state index in [-0.39, 0.29) is 5.91 Å². The molecule has 0 radical (unpaired) electrons. The van der Waals surface area contributed by atoms with Crippen LogP contribution in [0.15, 0.2) is 42.5 Å². The molecule has 1 aliphatic heterocycles. The zero-order valence-electron chi connectivity index (χ0n) is 11.1. The molecule has 21 heavy (non-hydrogen) atoms. The number of benzene rings is 2. The fourth-order valence-corrected chi connectivity index (χ4v) is 2.30. The number of carbonyl (C=O) groups is 2. The average molecular weight is 302 g/mol. The van der Waals surface area contributed by atoms with Crippen molar-refractivity contribution >= 4 is 29.2 Å². The zero-order valence-corrected chi connectivity index (χ0v) is 11.8. The minimum Gasteiger partial charge on any atom is -0.423 e. The number of anilines is 1. The van der Waals surface area contributed by atoms with Crippen molar-refractivity contribution in [2.75, 3.05) is 5.32 Å². The normalized spacial score (nSPS) is 13.3. The van der Waals surface area contributed by atoms with Gasteiger partial charge in [-0.25, -0.2) is 4.79 Å². The maximum Gasteiger partial charge on any atom is 0.343 e. The zero-order chi connectivity index (χ0) is 14.8. The molecule has 0 unspecified atom stereocenters. The number of amides is 1. The van der Waals surface area contributed by atoms with E-state index in [2.05, 4.69) is 5.32 Å². The van der Waals surface area contributed by atoms with E-state index in [1.165, 1.54) is 0 Å². The third-order valence-electron chi connectivity index (χ3n) is 3.26. The van der Waals surface area contributed by atoms with E-state index in [1.807, 2.05) is 0 Å². The van der Waals surface area contributed by atoms with E-state index >= 15 is 0 Å². The van der Waals surface area contributed by atoms with Gasteiger partial charge in [-0.15, -0.1) is 0 Å². The Morgan fingerprint density at radius 1 is 1.10 bits per heavy atom. The van der Waals surface area contributed by atoms with Crippen molar-refractivity contribution in [3.63, 3.8) is 0 Å². The molecule has 0 saturated carbocycles. The summed E-state index contributed by atoms with van der Waals surface area (Å²) < 4.78 is 5.34. The van der Waals surface area contributed by atoms with Crippen molar-refractivity contribution in [1.29, 1.82) is 0 Å². The summed E-state index contributed by atoms with van der Waals surface area (Å²) in [7, 11) is 0. The van der Waals surface area contributed by atoms with Crippen LogP contribution in [0, 0.1) is 0 Å². The quantitative estimate of drug-likeness (QED) is 0.683. The van der Waals surface area contributed by atoms with Crippen molar-refractivity contribution < 1.29 is 14.3 Å². The molecule has 0 saturated heterocycles. The number of carbonyl (C=O) groups excluding carboxylic acids is 2. The topological polar surface area (TPSA) is 55.4 Å². The molecule has 2 aromatic rings. The van der Waals surface area contributed by atoms with Gasteiger partial charge in [0.25, 0.3) is 0 Å². The summed E-state index contributed by atoms with van der Waals surface area (Å²) in [5.74, 6) is 0.0321. The van der Waals surface area contributed by atoms with Gasteiger partial charge < -0.3 is 10.1 Å². The number of fused-ring (bicyclic) bond motifs is 1. The Balaban J connectivity index is 1.77. The number of hydrogen-bond acceptors (Lipinski definition) is 3. The molecule has 0 aromatic heterocycles. The van der Waals surface area contributed by atoms with Crippen molar-refractivity contribution in [3.05, 3.63) is 58.6 Å². The molecular formula is C16H12ClNO3. The molecule has 5 heteroatoms. The van der Waals surface area contributed by atoms with Gasteiger partial charge in [-0.1, -0.05) is 11.6 Å². The number of halogens is 1. The lowest BCUT2D eigenvalue weighted by Crippen LogP contribution is -2.19. The van der Waals surface area contributed by atoms with Crippen LogP contribution in [0.2, 0.25) is 5.02 Å². The first kappa shape index (κ1) is 13.6. The van der Waals surface area contributed by atoms with Crippen LogP contribution in [-0.4, -0.2) is 11.9 Å². The number of aryl methyl sites for hydroxylation is 1. The first-order valence-electron chi connectivity index (χ1n) is 6.52. The van der Waals surface area contributed by atoms with E-state index in [0.29, 0.717) is 29.2 Å². The number of esters is 1. The van der Waals surface area contributed by atoms with E-state index < -0.39 is 5.97 Å². The highest BCUT2D eigenvalue weighted by Crippen LogP contribution is 2.27. The van der Waals surface area contributed by atoms with Crippen LogP contribution >= 0.6 is 11.6 Å². The molecule has 1 heterocycles. The standard InChI is InChI=1S/C16H12ClNO3/c17-12-4-1-10(2-5-12)16(20)21-13-6-7-14-11(9-13)3-8-15(19)18-14/h1-2,4-7,9H,3,8H2,(H,18,19). The fourth-order valence-electron chi connectivity index (χ4n) is 2.18. The lowest BCUT2D eigenvalue weighted by molar-refractivity contribution is -0.116. The van der Waals surface area contributed by atoms with Crippen molar-refractivity contribution in [1.82, 2.24) is 0 Å². The largest absolute Gasteiger partial charge is 0.423 e. The van der Waals surface area contributed by atoms with Gasteiger partial charge in [0.05, 0.1) is 5.56 Å². The third-order valence-corrected chi connectivity index (χ3v) is 3.51. The molecule has 0 fully saturated rings. The first-order chi connectivity index (χ1) is 10.1. The van der Waals surface area contributed by atoms with Gasteiger partial charge in [0.1, 0.15) is 5.75 Å². The van der Waals surface area contributed by atoms with Crippen LogP contribution in [-0.2, 0) is 11.2 Å². The van der Waals surface area contributed by atoms with E-state index in [0.717, 1.165) is 11.3 Å². The SMILES string of the molecule is O=C1CCc2cc(OC(=O)c3ccc(Cl)cc3)ccc2N1. The van der Waals surface area contributed by atoms with Crippen LogP contribution in [0.5, 0.6) is 5.75 Å². The second-order valence-corrected chi connectivity index (χ2v) is 5.20. The van der Waals surface area contributed by atoms with Crippen LogP contribution in [0.1, 0.15) is 22.3 Å². The van der Waals surface area contributed by atoms with Gasteiger partial charge in [-0.2, -0.15) is 0 Å². The summed E-state index contributed by atoms with van der Waals surface area (Å²) >= 11 is 5.78. The highest BCUT2D eigenvalue weighted by Gasteiger charge is 2.16. The maximum atomic E-state index is 12.0. The van der Waals surface area contributed by atoms with Crippen molar-refractivity contribution in [2.24, 2.45) is 0 Å². The maximum absolute atomic E-state index is 12.0. The van der Waals surface area contributed by atoms with Gasteiger partial charge in [0.15, 0.2) is 0 Å². The fraction of sp³-hybridized carbons (Fsp3) is 0.125. The summed E-state index contributed by atoms with van der Waals surface area (Å²) in [4.78, 5) is 23.3. The predicted octanol–water partition coefficient (Wildman–Crippen LogP) is 3.44. The molecule has 1 amide bonds. The highest BCUT2D eigenvalue weighted by molar-refractivity contribution is 6.30. The van der Waals surface area contributed by atoms with E-state index in [1.54, 1.807) is 42.5 Å². The van der Waals surface area contributed by atoms with Crippen molar-refractivity contribution in [3.8, 4) is 5.75 Å². The predicted molar refractivity (Wildman–Crippen MR) is 79.8 cm³/mol. The minimum atomic E-state index is -0.438. The van der Waals surface area contributed by atoms with Crippen LogP contribution in [0.4, 0.5) is 5.69 Å². The second-order valence-electron chi connectivity index (χ2n) is 4.76. The first-order valence-corrected chi connectivity index (χ1v) is 6.90. The van der Waals surface area contributed by atoms with Gasteiger partial charge in [-0.3, -0.25) is 4.79 Å². The molecular weight excluding hydrogens is 290 g/mol. The van der Waals surface area contributed by atoms with Crippen LogP contribution < -0.4 is 10.1 Å². The summed E-state index contributed by atoms with van der Waals surface area (Å²) in [6, 6.07) is 11.7. The Morgan fingerprint density at radius 2 is 1.86 bits per heavy atom. The Hall–Kier alpha value is -2.33. The monoisotopic (exact) mass is 301 g/mol. The lowest BCUT2D eigenvalue weighted by atomic mass is 10.0. The summed E-state index contributed by atoms with van der Waals surface area (Å²) in [6.07, 6.45) is 1.09. The smallest absolute Gasteiger partial charge is 0.343 e. The molecule has 1 N–H and O–H groups in total. The number of ether oxygens (including phenoxy) is 1. The van der Waals surface area contributed by atoms with Crippen molar-refractivity contribution in [2.45, 2.75) is 12.8 Å². The van der Waals surface area contributed by atoms with E-state index in [4.69, 9.17) is 16.3 Å². The third kappa shape index (κ3) is 3.06. The van der Waals surface area contributed by atoms with Gasteiger partial charge >= 0.3 is 5.97 Å². The summed E-state index contributed by atoms with van der Waals surface area (Å²) in [6.45, 7) is 0. The molecule has 2 aromatic carbocycles. The number of rotatable bonds is 2. The molecule has 0 atom stereocenters. The molecule has 0 spiro atoms. The van der Waals surface area contributed by atoms with Crippen LogP contribution in [0.25, 0.3) is 0 Å². The van der Waals surface area contributed by atoms with Gasteiger partial charge in [0.2, 0.25) is 5.91 Å². The Kier molecular flexibility index (Phi) is 3.62. The Morgan fingerprint density at radius 3 is 2.62 bits per heavy atom. The number of nitrogens with one attached hydrogen (secondary N) is 1. The van der Waals surface area contributed by atoms with Crippen LogP contribution in [0.3, 0.4) is 0 Å². The molecule has 0 bridgehead atoms. The summed E-state index contributed by atoms with van der Waals surface area (Å²) in [5, 5.41) is 3.35. The van der Waals surface area contributed by atoms with Gasteiger partial charge in [0, 0.05) is 17.1 Å². The number of hydrogen-bond donors (Lipinski definition) is 1. The second kappa shape index (κ2) is 5.58. The molecule has 3 rings (SSSR count). The van der Waals surface area contributed by atoms with E-state index in [9.17, 15) is 9.59 Å². The molecule has 0 aliphatic carbocycles. The highest BCUT2D eigenvalue weighted by atomic mass is 35.5. The minimum absolute atomic E-state index is 0.00779. The average Bonchev–Trinajstić information content (AvgIpc) is 2.48. The van der Waals surface area contributed by atoms with Gasteiger partial charge in [-0.05, 0) is 54.4 Å². The Bertz CT molecular complexity index is 710. The lowest BCUT2D eigenvalue weighted by Gasteiger charge is -2.17.